The third kappa shape index (κ3) is 5.93. The van der Waals surface area contributed by atoms with E-state index in [0.29, 0.717) is 20.9 Å². The quantitative estimate of drug-likeness (QED) is 0.367. The molecule has 0 aliphatic rings. The molecule has 2 N–H and O–H groups in total. The summed E-state index contributed by atoms with van der Waals surface area (Å²) in [4.78, 5) is 46.8. The van der Waals surface area contributed by atoms with E-state index in [0.717, 1.165) is 23.1 Å². The van der Waals surface area contributed by atoms with E-state index in [1.807, 2.05) is 0 Å². The van der Waals surface area contributed by atoms with Gasteiger partial charge in [0.15, 0.2) is 10.3 Å². The number of aromatic amines is 1. The summed E-state index contributed by atoms with van der Waals surface area (Å²) < 4.78 is 9.82. The number of esters is 2. The van der Waals surface area contributed by atoms with E-state index in [2.05, 4.69) is 26.8 Å². The molecule has 0 saturated heterocycles. The second-order valence-electron chi connectivity index (χ2n) is 4.98. The summed E-state index contributed by atoms with van der Waals surface area (Å²) in [6.45, 7) is 7.21. The Morgan fingerprint density at radius 1 is 1.37 bits per heavy atom. The number of nitrogens with one attached hydrogen (secondary N) is 2. The zero-order valence-electron chi connectivity index (χ0n) is 14.7. The molecule has 1 amide bonds. The van der Waals surface area contributed by atoms with E-state index in [-0.39, 0.29) is 30.6 Å². The van der Waals surface area contributed by atoms with E-state index < -0.39 is 11.9 Å². The first-order valence-electron chi connectivity index (χ1n) is 7.84. The molecular weight excluding hydrogens is 392 g/mol. The minimum atomic E-state index is -0.512. The fourth-order valence-corrected chi connectivity index (χ4v) is 3.34. The molecule has 0 bridgehead atoms. The van der Waals surface area contributed by atoms with Gasteiger partial charge in [0.25, 0.3) is 0 Å². The molecule has 0 unspecified atom stereocenters. The first kappa shape index (κ1) is 20.6. The summed E-state index contributed by atoms with van der Waals surface area (Å²) in [5.41, 5.74) is 0.695. The van der Waals surface area contributed by atoms with E-state index in [1.165, 1.54) is 12.3 Å². The molecule has 2 aromatic rings. The number of anilines is 1. The lowest BCUT2D eigenvalue weighted by Gasteiger charge is -2.00. The highest BCUT2D eigenvalue weighted by Gasteiger charge is 2.18. The SMILES string of the molecule is C=CCOC(=O)c1sc(NC(=O)CSc2ncc(C(=O)OCC)[nH]2)nc1C. The molecule has 0 saturated carbocycles. The Balaban J connectivity index is 1.88. The molecule has 0 fully saturated rings. The zero-order valence-corrected chi connectivity index (χ0v) is 16.4. The number of nitrogens with zero attached hydrogens (tertiary/aromatic N) is 2. The van der Waals surface area contributed by atoms with Gasteiger partial charge in [0.1, 0.15) is 17.2 Å². The molecule has 11 heteroatoms. The number of rotatable bonds is 9. The first-order chi connectivity index (χ1) is 12.9. The molecule has 2 rings (SSSR count). The Morgan fingerprint density at radius 3 is 2.85 bits per heavy atom. The normalized spacial score (nSPS) is 10.3. The average Bonchev–Trinajstić information content (AvgIpc) is 3.25. The Morgan fingerprint density at radius 2 is 2.15 bits per heavy atom. The van der Waals surface area contributed by atoms with Crippen molar-refractivity contribution in [2.45, 2.75) is 19.0 Å². The Hall–Kier alpha value is -2.66. The summed E-state index contributed by atoms with van der Waals surface area (Å²) >= 11 is 2.16. The molecule has 27 heavy (non-hydrogen) atoms. The highest BCUT2D eigenvalue weighted by Crippen LogP contribution is 2.24. The van der Waals surface area contributed by atoms with E-state index in [9.17, 15) is 14.4 Å². The van der Waals surface area contributed by atoms with Crippen molar-refractivity contribution >= 4 is 46.1 Å². The number of thiazole rings is 1. The van der Waals surface area contributed by atoms with Gasteiger partial charge in [-0.05, 0) is 13.8 Å². The van der Waals surface area contributed by atoms with Crippen molar-refractivity contribution < 1.29 is 23.9 Å². The van der Waals surface area contributed by atoms with Gasteiger partial charge in [-0.3, -0.25) is 4.79 Å². The smallest absolute Gasteiger partial charge is 0.356 e. The van der Waals surface area contributed by atoms with Gasteiger partial charge >= 0.3 is 11.9 Å². The minimum Gasteiger partial charge on any atom is -0.461 e. The number of amides is 1. The second kappa shape index (κ2) is 9.88. The number of hydrogen-bond donors (Lipinski definition) is 2. The standard InChI is InChI=1S/C16H18N4O5S2/c1-4-6-25-14(23)12-9(3)18-16(27-12)20-11(21)8-26-15-17-7-10(19-15)13(22)24-5-2/h4,7H,1,5-6,8H2,2-3H3,(H,17,19)(H,18,20,21). The third-order valence-electron chi connectivity index (χ3n) is 2.95. The molecule has 0 radical (unpaired) electrons. The predicted octanol–water partition coefficient (Wildman–Crippen LogP) is 2.42. The van der Waals surface area contributed by atoms with Crippen LogP contribution < -0.4 is 5.32 Å². The topological polar surface area (TPSA) is 123 Å². The van der Waals surface area contributed by atoms with Crippen molar-refractivity contribution in [3.8, 4) is 0 Å². The van der Waals surface area contributed by atoms with Crippen LogP contribution in [-0.2, 0) is 14.3 Å². The van der Waals surface area contributed by atoms with E-state index in [4.69, 9.17) is 9.47 Å². The van der Waals surface area contributed by atoms with Crippen molar-refractivity contribution in [3.63, 3.8) is 0 Å². The predicted molar refractivity (Wildman–Crippen MR) is 101 cm³/mol. The van der Waals surface area contributed by atoms with Gasteiger partial charge in [0.05, 0.1) is 24.3 Å². The molecule has 0 atom stereocenters. The number of carbonyl (C=O) groups is 3. The van der Waals surface area contributed by atoms with Crippen molar-refractivity contribution in [3.05, 3.63) is 35.1 Å². The lowest BCUT2D eigenvalue weighted by Crippen LogP contribution is -2.14. The van der Waals surface area contributed by atoms with E-state index >= 15 is 0 Å². The lowest BCUT2D eigenvalue weighted by molar-refractivity contribution is -0.113. The monoisotopic (exact) mass is 410 g/mol. The van der Waals surface area contributed by atoms with Crippen LogP contribution in [0.15, 0.2) is 24.0 Å². The van der Waals surface area contributed by atoms with Gasteiger partial charge in [0.2, 0.25) is 5.91 Å². The van der Waals surface area contributed by atoms with Crippen LogP contribution in [0.1, 0.15) is 32.8 Å². The van der Waals surface area contributed by atoms with Crippen LogP contribution in [-0.4, -0.2) is 51.8 Å². The van der Waals surface area contributed by atoms with Crippen LogP contribution in [0.5, 0.6) is 0 Å². The van der Waals surface area contributed by atoms with Crippen LogP contribution in [0.4, 0.5) is 5.13 Å². The van der Waals surface area contributed by atoms with Gasteiger partial charge in [-0.1, -0.05) is 35.8 Å². The highest BCUT2D eigenvalue weighted by atomic mass is 32.2. The molecule has 9 nitrogen and oxygen atoms in total. The van der Waals surface area contributed by atoms with E-state index in [1.54, 1.807) is 13.8 Å². The van der Waals surface area contributed by atoms with Crippen molar-refractivity contribution in [2.75, 3.05) is 24.3 Å². The number of aromatic nitrogens is 3. The van der Waals surface area contributed by atoms with Crippen molar-refractivity contribution in [2.24, 2.45) is 0 Å². The van der Waals surface area contributed by atoms with Crippen molar-refractivity contribution in [1.82, 2.24) is 15.0 Å². The van der Waals surface area contributed by atoms with Gasteiger partial charge in [-0.2, -0.15) is 0 Å². The van der Waals surface area contributed by atoms with Gasteiger partial charge in [-0.25, -0.2) is 19.6 Å². The maximum absolute atomic E-state index is 12.1. The van der Waals surface area contributed by atoms with Crippen molar-refractivity contribution in [1.29, 1.82) is 0 Å². The number of ether oxygens (including phenoxy) is 2. The largest absolute Gasteiger partial charge is 0.461 e. The zero-order chi connectivity index (χ0) is 19.8. The number of H-pyrrole nitrogens is 1. The Labute approximate surface area is 163 Å². The maximum atomic E-state index is 12.1. The molecule has 0 aliphatic carbocycles. The average molecular weight is 410 g/mol. The maximum Gasteiger partial charge on any atom is 0.356 e. The molecule has 0 spiro atoms. The summed E-state index contributed by atoms with van der Waals surface area (Å²) in [5.74, 6) is -1.30. The van der Waals surface area contributed by atoms with Crippen LogP contribution in [0, 0.1) is 6.92 Å². The van der Waals surface area contributed by atoms with Crippen LogP contribution >= 0.6 is 23.1 Å². The number of thioether (sulfide) groups is 1. The molecule has 0 aromatic carbocycles. The number of imidazole rings is 1. The van der Waals surface area contributed by atoms with Gasteiger partial charge in [-0.15, -0.1) is 0 Å². The minimum absolute atomic E-state index is 0.0463. The molecule has 0 aliphatic heterocycles. The number of carbonyl (C=O) groups excluding carboxylic acids is 3. The molecule has 2 aromatic heterocycles. The fourth-order valence-electron chi connectivity index (χ4n) is 1.82. The fraction of sp³-hybridized carbons (Fsp3) is 0.312. The number of aryl methyl sites for hydroxylation is 1. The summed E-state index contributed by atoms with van der Waals surface area (Å²) in [6.07, 6.45) is 2.82. The van der Waals surface area contributed by atoms with Gasteiger partial charge in [0, 0.05) is 0 Å². The van der Waals surface area contributed by atoms with Gasteiger partial charge < -0.3 is 19.8 Å². The third-order valence-corrected chi connectivity index (χ3v) is 4.89. The second-order valence-corrected chi connectivity index (χ2v) is 6.94. The molecule has 144 valence electrons. The van der Waals surface area contributed by atoms with Crippen LogP contribution in [0.3, 0.4) is 0 Å². The lowest BCUT2D eigenvalue weighted by atomic mass is 10.4. The summed E-state index contributed by atoms with van der Waals surface area (Å²) in [6, 6.07) is 0. The van der Waals surface area contributed by atoms with Crippen LogP contribution in [0.2, 0.25) is 0 Å². The molecular formula is C16H18N4O5S2. The number of hydrogen-bond acceptors (Lipinski definition) is 9. The first-order valence-corrected chi connectivity index (χ1v) is 9.65. The summed E-state index contributed by atoms with van der Waals surface area (Å²) in [5, 5.41) is 3.34. The van der Waals surface area contributed by atoms with Crippen LogP contribution in [0.25, 0.3) is 0 Å². The highest BCUT2D eigenvalue weighted by molar-refractivity contribution is 7.99. The Bertz CT molecular complexity index is 846. The molecule has 2 heterocycles. The summed E-state index contributed by atoms with van der Waals surface area (Å²) in [7, 11) is 0. The Kier molecular flexibility index (Phi) is 7.55.